The summed E-state index contributed by atoms with van der Waals surface area (Å²) in [6.07, 6.45) is 2.69. The van der Waals surface area contributed by atoms with Crippen LogP contribution >= 0.6 is 0 Å². The van der Waals surface area contributed by atoms with Gasteiger partial charge in [0.05, 0.1) is 0 Å². The minimum Gasteiger partial charge on any atom is -0.0654 e. The molecule has 0 aromatic carbocycles. The summed E-state index contributed by atoms with van der Waals surface area (Å²) in [7, 11) is 0. The SMILES string of the molecule is CCCC(C)C(C)C(C)(C)C. The fourth-order valence-electron chi connectivity index (χ4n) is 1.56. The molecule has 0 saturated carbocycles. The molecule has 0 nitrogen and oxygen atoms in total. The fourth-order valence-corrected chi connectivity index (χ4v) is 1.56. The van der Waals surface area contributed by atoms with E-state index in [2.05, 4.69) is 41.5 Å². The lowest BCUT2D eigenvalue weighted by atomic mass is 9.74. The monoisotopic (exact) mass is 156 g/mol. The molecule has 0 bridgehead atoms. The van der Waals surface area contributed by atoms with Crippen molar-refractivity contribution < 1.29 is 0 Å². The van der Waals surface area contributed by atoms with Crippen LogP contribution in [0.2, 0.25) is 0 Å². The Morgan fingerprint density at radius 3 is 1.82 bits per heavy atom. The normalized spacial score (nSPS) is 18.0. The van der Waals surface area contributed by atoms with Gasteiger partial charge in [0.1, 0.15) is 0 Å². The molecule has 11 heavy (non-hydrogen) atoms. The van der Waals surface area contributed by atoms with Crippen molar-refractivity contribution in [3.8, 4) is 0 Å². The van der Waals surface area contributed by atoms with Crippen molar-refractivity contribution in [1.29, 1.82) is 0 Å². The molecular formula is C11H24. The molecular weight excluding hydrogens is 132 g/mol. The largest absolute Gasteiger partial charge is 0.0654 e. The van der Waals surface area contributed by atoms with Gasteiger partial charge < -0.3 is 0 Å². The van der Waals surface area contributed by atoms with Gasteiger partial charge in [-0.05, 0) is 17.3 Å². The summed E-state index contributed by atoms with van der Waals surface area (Å²) in [5.41, 5.74) is 0.481. The highest BCUT2D eigenvalue weighted by molar-refractivity contribution is 4.74. The molecule has 0 saturated heterocycles. The first kappa shape index (κ1) is 11.0. The first-order chi connectivity index (χ1) is 4.89. The Hall–Kier alpha value is 0. The van der Waals surface area contributed by atoms with Crippen LogP contribution in [0.3, 0.4) is 0 Å². The lowest BCUT2D eigenvalue weighted by Gasteiger charge is -2.32. The van der Waals surface area contributed by atoms with E-state index in [4.69, 9.17) is 0 Å². The van der Waals surface area contributed by atoms with Gasteiger partial charge in [0.25, 0.3) is 0 Å². The molecule has 0 amide bonds. The molecule has 0 fully saturated rings. The summed E-state index contributed by atoms with van der Waals surface area (Å²) >= 11 is 0. The summed E-state index contributed by atoms with van der Waals surface area (Å²) in [4.78, 5) is 0. The Morgan fingerprint density at radius 1 is 1.09 bits per heavy atom. The molecule has 0 heteroatoms. The molecule has 0 heterocycles. The van der Waals surface area contributed by atoms with Crippen LogP contribution in [0.4, 0.5) is 0 Å². The molecule has 2 atom stereocenters. The first-order valence-electron chi connectivity index (χ1n) is 4.89. The van der Waals surface area contributed by atoms with Gasteiger partial charge >= 0.3 is 0 Å². The zero-order chi connectivity index (χ0) is 9.07. The van der Waals surface area contributed by atoms with Crippen molar-refractivity contribution in [3.63, 3.8) is 0 Å². The summed E-state index contributed by atoms with van der Waals surface area (Å²) in [6, 6.07) is 0. The maximum atomic E-state index is 2.38. The van der Waals surface area contributed by atoms with Crippen molar-refractivity contribution in [2.45, 2.75) is 54.4 Å². The van der Waals surface area contributed by atoms with E-state index in [-0.39, 0.29) is 0 Å². The van der Waals surface area contributed by atoms with Gasteiger partial charge in [-0.2, -0.15) is 0 Å². The van der Waals surface area contributed by atoms with Crippen molar-refractivity contribution >= 4 is 0 Å². The minimum absolute atomic E-state index is 0.481. The summed E-state index contributed by atoms with van der Waals surface area (Å²) in [5.74, 6) is 1.71. The second-order valence-corrected chi connectivity index (χ2v) is 4.92. The lowest BCUT2D eigenvalue weighted by molar-refractivity contribution is 0.179. The van der Waals surface area contributed by atoms with Gasteiger partial charge in [-0.15, -0.1) is 0 Å². The minimum atomic E-state index is 0.481. The highest BCUT2D eigenvalue weighted by atomic mass is 14.3. The number of rotatable bonds is 3. The van der Waals surface area contributed by atoms with Crippen LogP contribution in [0, 0.1) is 17.3 Å². The Labute approximate surface area is 72.4 Å². The van der Waals surface area contributed by atoms with Gasteiger partial charge in [0.15, 0.2) is 0 Å². The van der Waals surface area contributed by atoms with Crippen molar-refractivity contribution in [2.75, 3.05) is 0 Å². The van der Waals surface area contributed by atoms with E-state index in [1.807, 2.05) is 0 Å². The van der Waals surface area contributed by atoms with Crippen LogP contribution in [0.5, 0.6) is 0 Å². The second-order valence-electron chi connectivity index (χ2n) is 4.92. The van der Waals surface area contributed by atoms with Gasteiger partial charge in [0, 0.05) is 0 Å². The smallest absolute Gasteiger partial charge is 0.0354 e. The molecule has 68 valence electrons. The first-order valence-corrected chi connectivity index (χ1v) is 4.89. The third kappa shape index (κ3) is 3.79. The highest BCUT2D eigenvalue weighted by Gasteiger charge is 2.24. The van der Waals surface area contributed by atoms with Gasteiger partial charge in [-0.3, -0.25) is 0 Å². The fraction of sp³-hybridized carbons (Fsp3) is 1.00. The Kier molecular flexibility index (Phi) is 4.13. The molecule has 0 aliphatic rings. The number of hydrogen-bond donors (Lipinski definition) is 0. The highest BCUT2D eigenvalue weighted by Crippen LogP contribution is 2.33. The van der Waals surface area contributed by atoms with E-state index in [1.54, 1.807) is 0 Å². The van der Waals surface area contributed by atoms with Crippen molar-refractivity contribution in [2.24, 2.45) is 17.3 Å². The maximum Gasteiger partial charge on any atom is -0.0354 e. The van der Waals surface area contributed by atoms with E-state index in [1.165, 1.54) is 12.8 Å². The zero-order valence-corrected chi connectivity index (χ0v) is 9.07. The predicted molar refractivity (Wildman–Crippen MR) is 52.7 cm³/mol. The van der Waals surface area contributed by atoms with Crippen LogP contribution in [-0.2, 0) is 0 Å². The van der Waals surface area contributed by atoms with E-state index in [9.17, 15) is 0 Å². The van der Waals surface area contributed by atoms with Crippen LogP contribution in [0.15, 0.2) is 0 Å². The van der Waals surface area contributed by atoms with Crippen molar-refractivity contribution in [3.05, 3.63) is 0 Å². The summed E-state index contributed by atoms with van der Waals surface area (Å²) < 4.78 is 0. The third-order valence-corrected chi connectivity index (χ3v) is 2.96. The van der Waals surface area contributed by atoms with E-state index >= 15 is 0 Å². The molecule has 2 unspecified atom stereocenters. The van der Waals surface area contributed by atoms with Crippen LogP contribution in [0.25, 0.3) is 0 Å². The quantitative estimate of drug-likeness (QED) is 0.577. The molecule has 0 rings (SSSR count). The predicted octanol–water partition coefficient (Wildman–Crippen LogP) is 4.10. The topological polar surface area (TPSA) is 0 Å². The molecule has 0 aromatic rings. The van der Waals surface area contributed by atoms with Crippen LogP contribution < -0.4 is 0 Å². The van der Waals surface area contributed by atoms with Crippen molar-refractivity contribution in [1.82, 2.24) is 0 Å². The Morgan fingerprint density at radius 2 is 1.55 bits per heavy atom. The standard InChI is InChI=1S/C11H24/c1-7-8-9(2)10(3)11(4,5)6/h9-10H,7-8H2,1-6H3. The molecule has 0 spiro atoms. The maximum absolute atomic E-state index is 2.38. The third-order valence-electron chi connectivity index (χ3n) is 2.96. The molecule has 0 N–H and O–H groups in total. The molecule has 0 aromatic heterocycles. The Bertz CT molecular complexity index is 97.1. The van der Waals surface area contributed by atoms with E-state index < -0.39 is 0 Å². The molecule has 0 aliphatic heterocycles. The van der Waals surface area contributed by atoms with Crippen LogP contribution in [-0.4, -0.2) is 0 Å². The Balaban J connectivity index is 3.91. The van der Waals surface area contributed by atoms with E-state index in [0.29, 0.717) is 5.41 Å². The van der Waals surface area contributed by atoms with Gasteiger partial charge in [0.2, 0.25) is 0 Å². The summed E-state index contributed by atoms with van der Waals surface area (Å²) in [5, 5.41) is 0. The molecule has 0 radical (unpaired) electrons. The average Bonchev–Trinajstić information content (AvgIpc) is 1.85. The van der Waals surface area contributed by atoms with Crippen LogP contribution in [0.1, 0.15) is 54.4 Å². The average molecular weight is 156 g/mol. The van der Waals surface area contributed by atoms with Gasteiger partial charge in [-0.25, -0.2) is 0 Å². The zero-order valence-electron chi connectivity index (χ0n) is 9.07. The number of hydrogen-bond acceptors (Lipinski definition) is 0. The molecule has 0 aliphatic carbocycles. The summed E-state index contributed by atoms with van der Waals surface area (Å²) in [6.45, 7) is 14.0. The lowest BCUT2D eigenvalue weighted by Crippen LogP contribution is -2.23. The second kappa shape index (κ2) is 4.13. The van der Waals surface area contributed by atoms with E-state index in [0.717, 1.165) is 11.8 Å². The van der Waals surface area contributed by atoms with Gasteiger partial charge in [-0.1, -0.05) is 54.4 Å².